The highest BCUT2D eigenvalue weighted by Crippen LogP contribution is 2.38. The summed E-state index contributed by atoms with van der Waals surface area (Å²) >= 11 is 0. The molecule has 4 amide bonds. The van der Waals surface area contributed by atoms with E-state index in [1.807, 2.05) is 56.3 Å². The van der Waals surface area contributed by atoms with Crippen molar-refractivity contribution in [3.05, 3.63) is 101 Å². The fourth-order valence-corrected chi connectivity index (χ4v) is 5.67. The Bertz CT molecular complexity index is 1310. The minimum atomic E-state index is -0.880. The van der Waals surface area contributed by atoms with Crippen LogP contribution in [0.4, 0.5) is 14.9 Å². The molecule has 0 aliphatic heterocycles. The molecule has 4 rings (SSSR count). The molecule has 0 radical (unpaired) electrons. The van der Waals surface area contributed by atoms with Gasteiger partial charge in [0.15, 0.2) is 0 Å². The van der Waals surface area contributed by atoms with Crippen LogP contribution in [0.25, 0.3) is 0 Å². The number of hydrogen-bond donors (Lipinski definition) is 2. The van der Waals surface area contributed by atoms with E-state index in [0.717, 1.165) is 36.8 Å². The predicted molar refractivity (Wildman–Crippen MR) is 159 cm³/mol. The number of anilines is 1. The van der Waals surface area contributed by atoms with E-state index in [-0.39, 0.29) is 29.6 Å². The van der Waals surface area contributed by atoms with Gasteiger partial charge in [-0.1, -0.05) is 67.4 Å². The number of amides is 4. The van der Waals surface area contributed by atoms with Gasteiger partial charge in [0.2, 0.25) is 11.8 Å². The van der Waals surface area contributed by atoms with Gasteiger partial charge in [-0.05, 0) is 73.6 Å². The maximum absolute atomic E-state index is 13.6. The van der Waals surface area contributed by atoms with Crippen molar-refractivity contribution in [2.75, 3.05) is 18.0 Å². The normalized spacial score (nSPS) is 17.3. The van der Waals surface area contributed by atoms with Crippen LogP contribution in [0.3, 0.4) is 0 Å². The molecule has 41 heavy (non-hydrogen) atoms. The number of halogens is 1. The topological polar surface area (TPSA) is 95.7 Å². The zero-order chi connectivity index (χ0) is 29.4. The van der Waals surface area contributed by atoms with Gasteiger partial charge in [0.1, 0.15) is 11.9 Å². The second-order valence-electron chi connectivity index (χ2n) is 10.5. The van der Waals surface area contributed by atoms with Crippen LogP contribution in [0.15, 0.2) is 78.9 Å². The van der Waals surface area contributed by atoms with Gasteiger partial charge in [-0.2, -0.15) is 0 Å². The predicted octanol–water partition coefficient (Wildman–Crippen LogP) is 5.91. The van der Waals surface area contributed by atoms with Crippen LogP contribution in [0.2, 0.25) is 0 Å². The highest BCUT2D eigenvalue weighted by molar-refractivity contribution is 5.92. The number of nitrogens with two attached hydrogens (primary N) is 1. The van der Waals surface area contributed by atoms with Crippen LogP contribution in [0.1, 0.15) is 68.2 Å². The second kappa shape index (κ2) is 13.9. The van der Waals surface area contributed by atoms with Gasteiger partial charge in [-0.25, -0.2) is 9.18 Å². The number of carbonyl (C=O) groups excluding carboxylic acids is 3. The first-order valence-corrected chi connectivity index (χ1v) is 14.4. The lowest BCUT2D eigenvalue weighted by Gasteiger charge is -2.32. The Morgan fingerprint density at radius 1 is 0.902 bits per heavy atom. The molecule has 3 aromatic carbocycles. The first-order valence-electron chi connectivity index (χ1n) is 14.4. The van der Waals surface area contributed by atoms with E-state index >= 15 is 0 Å². The number of rotatable bonds is 10. The molecule has 3 atom stereocenters. The van der Waals surface area contributed by atoms with Crippen molar-refractivity contribution in [3.63, 3.8) is 0 Å². The van der Waals surface area contributed by atoms with Crippen molar-refractivity contribution >= 4 is 23.5 Å². The van der Waals surface area contributed by atoms with Crippen LogP contribution < -0.4 is 16.0 Å². The molecular formula is C33H39FN4O3. The summed E-state index contributed by atoms with van der Waals surface area (Å²) in [5.74, 6) is -1.39. The highest BCUT2D eigenvalue weighted by Gasteiger charge is 2.34. The molecule has 0 heterocycles. The minimum absolute atomic E-state index is 0.00704. The summed E-state index contributed by atoms with van der Waals surface area (Å²) in [6, 6.07) is 22.0. The van der Waals surface area contributed by atoms with Gasteiger partial charge in [-0.15, -0.1) is 0 Å². The number of benzene rings is 3. The fraction of sp³-hybridized carbons (Fsp3) is 0.364. The molecule has 1 saturated carbocycles. The van der Waals surface area contributed by atoms with Crippen molar-refractivity contribution in [1.82, 2.24) is 10.2 Å². The van der Waals surface area contributed by atoms with Gasteiger partial charge in [0.05, 0.1) is 6.54 Å². The lowest BCUT2D eigenvalue weighted by Crippen LogP contribution is -2.43. The van der Waals surface area contributed by atoms with Crippen LogP contribution >= 0.6 is 0 Å². The Balaban J connectivity index is 1.52. The molecular weight excluding hydrogens is 519 g/mol. The average molecular weight is 559 g/mol. The Morgan fingerprint density at radius 2 is 1.54 bits per heavy atom. The number of urea groups is 1. The third kappa shape index (κ3) is 7.31. The van der Waals surface area contributed by atoms with E-state index in [2.05, 4.69) is 5.32 Å². The molecule has 1 aliphatic rings. The van der Waals surface area contributed by atoms with E-state index in [9.17, 15) is 18.8 Å². The molecule has 0 bridgehead atoms. The van der Waals surface area contributed by atoms with Crippen molar-refractivity contribution in [2.45, 2.75) is 58.0 Å². The number of nitrogens with one attached hydrogen (secondary N) is 1. The van der Waals surface area contributed by atoms with E-state index in [1.165, 1.54) is 12.1 Å². The number of carbonyl (C=O) groups is 3. The molecule has 0 spiro atoms. The summed E-state index contributed by atoms with van der Waals surface area (Å²) in [6.45, 7) is 5.33. The zero-order valence-electron chi connectivity index (χ0n) is 23.8. The lowest BCUT2D eigenvalue weighted by atomic mass is 9.74. The van der Waals surface area contributed by atoms with Gasteiger partial charge in [-0.3, -0.25) is 14.5 Å². The molecule has 1 aliphatic carbocycles. The van der Waals surface area contributed by atoms with Crippen LogP contribution in [0.5, 0.6) is 0 Å². The molecule has 7 nitrogen and oxygen atoms in total. The first kappa shape index (κ1) is 29.8. The summed E-state index contributed by atoms with van der Waals surface area (Å²) in [4.78, 5) is 42.4. The van der Waals surface area contributed by atoms with Crippen molar-refractivity contribution < 1.29 is 18.8 Å². The standard InChI is InChI=1S/C33H39FN4O3/c1-3-37(4-2)33(41)38(27-20-18-26(34)19-21-27)22-23-14-16-24(17-15-23)28-12-8-9-13-29(28)32(40)36-30(31(35)39)25-10-6-5-7-11-25/h5-7,10-11,14-21,28-30H,3-4,8-9,12-13,22H2,1-2H3,(H2,35,39)(H,36,40). The number of primary amides is 1. The minimum Gasteiger partial charge on any atom is -0.368 e. The monoisotopic (exact) mass is 558 g/mol. The summed E-state index contributed by atoms with van der Waals surface area (Å²) < 4.78 is 13.6. The Kier molecular flexibility index (Phi) is 10.1. The summed E-state index contributed by atoms with van der Waals surface area (Å²) in [5.41, 5.74) is 8.91. The van der Waals surface area contributed by atoms with E-state index in [1.54, 1.807) is 34.1 Å². The Hall–Kier alpha value is -4.20. The third-order valence-corrected chi connectivity index (χ3v) is 7.96. The van der Waals surface area contributed by atoms with Gasteiger partial charge in [0.25, 0.3) is 0 Å². The van der Waals surface area contributed by atoms with E-state index in [0.29, 0.717) is 30.9 Å². The summed E-state index contributed by atoms with van der Waals surface area (Å²) in [5, 5.41) is 2.91. The molecule has 3 unspecified atom stereocenters. The third-order valence-electron chi connectivity index (χ3n) is 7.96. The number of nitrogens with zero attached hydrogens (tertiary/aromatic N) is 2. The van der Waals surface area contributed by atoms with Crippen molar-refractivity contribution in [3.8, 4) is 0 Å². The first-order chi connectivity index (χ1) is 19.8. The lowest BCUT2D eigenvalue weighted by molar-refractivity contribution is -0.131. The molecule has 216 valence electrons. The largest absolute Gasteiger partial charge is 0.368 e. The second-order valence-corrected chi connectivity index (χ2v) is 10.5. The Labute approximate surface area is 241 Å². The molecule has 3 aromatic rings. The van der Waals surface area contributed by atoms with Crippen molar-refractivity contribution in [2.24, 2.45) is 11.7 Å². The maximum Gasteiger partial charge on any atom is 0.324 e. The fourth-order valence-electron chi connectivity index (χ4n) is 5.67. The average Bonchev–Trinajstić information content (AvgIpc) is 3.00. The SMILES string of the molecule is CCN(CC)C(=O)N(Cc1ccc(C2CCCCC2C(=O)NC(C(N)=O)c2ccccc2)cc1)c1ccc(F)cc1. The molecule has 8 heteroatoms. The van der Waals surface area contributed by atoms with Crippen LogP contribution in [0, 0.1) is 11.7 Å². The van der Waals surface area contributed by atoms with Gasteiger partial charge >= 0.3 is 6.03 Å². The van der Waals surface area contributed by atoms with Gasteiger partial charge < -0.3 is 16.0 Å². The number of hydrogen-bond acceptors (Lipinski definition) is 3. The molecule has 3 N–H and O–H groups in total. The Morgan fingerprint density at radius 3 is 2.15 bits per heavy atom. The van der Waals surface area contributed by atoms with E-state index < -0.39 is 11.9 Å². The zero-order valence-corrected chi connectivity index (χ0v) is 23.8. The van der Waals surface area contributed by atoms with Crippen LogP contribution in [-0.2, 0) is 16.1 Å². The smallest absolute Gasteiger partial charge is 0.324 e. The van der Waals surface area contributed by atoms with E-state index in [4.69, 9.17) is 5.73 Å². The molecule has 1 fully saturated rings. The molecule has 0 aromatic heterocycles. The van der Waals surface area contributed by atoms with Crippen molar-refractivity contribution in [1.29, 1.82) is 0 Å². The maximum atomic E-state index is 13.6. The van der Waals surface area contributed by atoms with Crippen LogP contribution in [-0.4, -0.2) is 35.8 Å². The quantitative estimate of drug-likeness (QED) is 0.324. The van der Waals surface area contributed by atoms with Gasteiger partial charge in [0, 0.05) is 24.7 Å². The summed E-state index contributed by atoms with van der Waals surface area (Å²) in [7, 11) is 0. The summed E-state index contributed by atoms with van der Waals surface area (Å²) in [6.07, 6.45) is 3.56. The highest BCUT2D eigenvalue weighted by atomic mass is 19.1. The molecule has 0 saturated heterocycles.